The predicted octanol–water partition coefficient (Wildman–Crippen LogP) is 3.57. The highest BCUT2D eigenvalue weighted by Gasteiger charge is 2.03. The zero-order valence-electron chi connectivity index (χ0n) is 8.25. The largest absolute Gasteiger partial charge is 0.446 e. The lowest BCUT2D eigenvalue weighted by atomic mass is 10.2. The van der Waals surface area contributed by atoms with Gasteiger partial charge in [-0.05, 0) is 31.2 Å². The number of anilines is 3. The van der Waals surface area contributed by atoms with Crippen molar-refractivity contribution >= 4 is 28.9 Å². The van der Waals surface area contributed by atoms with Gasteiger partial charge in [-0.15, -0.1) is 0 Å². The molecule has 1 aromatic heterocycles. The molecule has 0 aliphatic rings. The lowest BCUT2D eigenvalue weighted by Gasteiger charge is -2.06. The van der Waals surface area contributed by atoms with Gasteiger partial charge < -0.3 is 15.5 Å². The molecule has 0 amide bonds. The average Bonchev–Trinajstić information content (AvgIpc) is 2.58. The van der Waals surface area contributed by atoms with Crippen molar-refractivity contribution in [3.8, 4) is 0 Å². The predicted molar refractivity (Wildman–Crippen MR) is 62.6 cm³/mol. The van der Waals surface area contributed by atoms with E-state index in [-0.39, 0.29) is 0 Å². The number of aryl methyl sites for hydroxylation is 1. The lowest BCUT2D eigenvalue weighted by molar-refractivity contribution is 0.551. The molecule has 3 nitrogen and oxygen atoms in total. The molecule has 2 rings (SSSR count). The summed E-state index contributed by atoms with van der Waals surface area (Å²) in [6.07, 6.45) is 0. The van der Waals surface area contributed by atoms with Gasteiger partial charge in [0.15, 0.2) is 5.88 Å². The molecule has 0 saturated carbocycles. The highest BCUT2D eigenvalue weighted by molar-refractivity contribution is 6.31. The van der Waals surface area contributed by atoms with E-state index in [4.69, 9.17) is 21.8 Å². The minimum absolute atomic E-state index is 0.633. The van der Waals surface area contributed by atoms with Crippen LogP contribution in [0.25, 0.3) is 0 Å². The highest BCUT2D eigenvalue weighted by Crippen LogP contribution is 2.27. The number of benzene rings is 1. The zero-order valence-corrected chi connectivity index (χ0v) is 9.01. The maximum atomic E-state index is 5.86. The molecule has 0 atom stereocenters. The van der Waals surface area contributed by atoms with E-state index in [1.807, 2.05) is 19.1 Å². The van der Waals surface area contributed by atoms with E-state index in [0.717, 1.165) is 11.4 Å². The summed E-state index contributed by atoms with van der Waals surface area (Å²) in [4.78, 5) is 0. The second-order valence-corrected chi connectivity index (χ2v) is 3.70. The van der Waals surface area contributed by atoms with Crippen LogP contribution in [-0.4, -0.2) is 0 Å². The minimum atomic E-state index is 0.633. The molecule has 0 saturated heterocycles. The third-order valence-corrected chi connectivity index (χ3v) is 2.25. The average molecular weight is 223 g/mol. The molecule has 1 aromatic carbocycles. The molecule has 0 fully saturated rings. The van der Waals surface area contributed by atoms with Crippen molar-refractivity contribution < 1.29 is 4.42 Å². The minimum Gasteiger partial charge on any atom is -0.446 e. The second-order valence-electron chi connectivity index (χ2n) is 3.27. The van der Waals surface area contributed by atoms with Crippen LogP contribution in [0.3, 0.4) is 0 Å². The van der Waals surface area contributed by atoms with E-state index in [1.54, 1.807) is 18.2 Å². The van der Waals surface area contributed by atoms with Crippen molar-refractivity contribution in [3.05, 3.63) is 41.1 Å². The van der Waals surface area contributed by atoms with Crippen LogP contribution in [0.15, 0.2) is 34.7 Å². The Morgan fingerprint density at radius 3 is 2.73 bits per heavy atom. The van der Waals surface area contributed by atoms with E-state index in [1.165, 1.54) is 0 Å². The molecule has 0 aliphatic heterocycles. The Labute approximate surface area is 92.8 Å². The van der Waals surface area contributed by atoms with Gasteiger partial charge in [0.25, 0.3) is 0 Å². The van der Waals surface area contributed by atoms with Crippen molar-refractivity contribution in [3.63, 3.8) is 0 Å². The standard InChI is InChI=1S/C11H11ClN2O/c1-7-2-5-11(15-7)14-10-6-8(12)3-4-9(10)13/h2-6,14H,13H2,1H3. The summed E-state index contributed by atoms with van der Waals surface area (Å²) >= 11 is 5.86. The molecule has 1 heterocycles. The van der Waals surface area contributed by atoms with E-state index in [9.17, 15) is 0 Å². The Balaban J connectivity index is 2.27. The van der Waals surface area contributed by atoms with Gasteiger partial charge in [0.1, 0.15) is 5.76 Å². The molecule has 0 radical (unpaired) electrons. The molecule has 0 spiro atoms. The van der Waals surface area contributed by atoms with Crippen molar-refractivity contribution in [2.24, 2.45) is 0 Å². The van der Waals surface area contributed by atoms with Gasteiger partial charge >= 0.3 is 0 Å². The normalized spacial score (nSPS) is 10.3. The van der Waals surface area contributed by atoms with E-state index < -0.39 is 0 Å². The maximum Gasteiger partial charge on any atom is 0.197 e. The molecule has 0 bridgehead atoms. The first-order valence-corrected chi connectivity index (χ1v) is 4.91. The summed E-state index contributed by atoms with van der Waals surface area (Å²) < 4.78 is 5.37. The molecule has 0 unspecified atom stereocenters. The van der Waals surface area contributed by atoms with E-state index in [2.05, 4.69) is 5.32 Å². The van der Waals surface area contributed by atoms with Gasteiger partial charge in [-0.25, -0.2) is 0 Å². The Hall–Kier alpha value is -1.61. The SMILES string of the molecule is Cc1ccc(Nc2cc(Cl)ccc2N)o1. The van der Waals surface area contributed by atoms with Crippen LogP contribution in [-0.2, 0) is 0 Å². The Kier molecular flexibility index (Phi) is 2.56. The number of halogens is 1. The number of nitrogens with two attached hydrogens (primary N) is 1. The molecule has 3 N–H and O–H groups in total. The fourth-order valence-corrected chi connectivity index (χ4v) is 1.44. The summed E-state index contributed by atoms with van der Waals surface area (Å²) in [5.74, 6) is 1.50. The smallest absolute Gasteiger partial charge is 0.197 e. The van der Waals surface area contributed by atoms with Gasteiger partial charge in [-0.1, -0.05) is 11.6 Å². The number of hydrogen-bond donors (Lipinski definition) is 2. The van der Waals surface area contributed by atoms with Gasteiger partial charge in [-0.2, -0.15) is 0 Å². The third kappa shape index (κ3) is 2.25. The van der Waals surface area contributed by atoms with Crippen LogP contribution in [0.2, 0.25) is 5.02 Å². The summed E-state index contributed by atoms with van der Waals surface area (Å²) in [5, 5.41) is 3.69. The Bertz CT molecular complexity index is 479. The van der Waals surface area contributed by atoms with Crippen molar-refractivity contribution in [2.45, 2.75) is 6.92 Å². The quantitative estimate of drug-likeness (QED) is 0.764. The Morgan fingerprint density at radius 2 is 2.07 bits per heavy atom. The van der Waals surface area contributed by atoms with Gasteiger partial charge in [0, 0.05) is 11.1 Å². The number of rotatable bonds is 2. The molecule has 0 aliphatic carbocycles. The second kappa shape index (κ2) is 3.87. The summed E-state index contributed by atoms with van der Waals surface area (Å²) in [7, 11) is 0. The number of hydrogen-bond acceptors (Lipinski definition) is 3. The lowest BCUT2D eigenvalue weighted by Crippen LogP contribution is -1.94. The fraction of sp³-hybridized carbons (Fsp3) is 0.0909. The molecule has 15 heavy (non-hydrogen) atoms. The van der Waals surface area contributed by atoms with Crippen LogP contribution >= 0.6 is 11.6 Å². The molecular weight excluding hydrogens is 212 g/mol. The van der Waals surface area contributed by atoms with E-state index in [0.29, 0.717) is 16.6 Å². The summed E-state index contributed by atoms with van der Waals surface area (Å²) in [5.41, 5.74) is 7.16. The summed E-state index contributed by atoms with van der Waals surface area (Å²) in [6, 6.07) is 8.98. The van der Waals surface area contributed by atoms with Crippen LogP contribution < -0.4 is 11.1 Å². The number of nitrogens with one attached hydrogen (secondary N) is 1. The van der Waals surface area contributed by atoms with Crippen molar-refractivity contribution in [1.29, 1.82) is 0 Å². The number of nitrogen functional groups attached to an aromatic ring is 1. The van der Waals surface area contributed by atoms with Gasteiger partial charge in [-0.3, -0.25) is 0 Å². The topological polar surface area (TPSA) is 51.2 Å². The molecule has 2 aromatic rings. The van der Waals surface area contributed by atoms with Crippen molar-refractivity contribution in [1.82, 2.24) is 0 Å². The number of furan rings is 1. The maximum absolute atomic E-state index is 5.86. The van der Waals surface area contributed by atoms with Crippen LogP contribution in [0.5, 0.6) is 0 Å². The fourth-order valence-electron chi connectivity index (χ4n) is 1.27. The third-order valence-electron chi connectivity index (χ3n) is 2.01. The molecular formula is C11H11ClN2O. The summed E-state index contributed by atoms with van der Waals surface area (Å²) in [6.45, 7) is 1.88. The molecule has 78 valence electrons. The highest BCUT2D eigenvalue weighted by atomic mass is 35.5. The zero-order chi connectivity index (χ0) is 10.8. The van der Waals surface area contributed by atoms with Gasteiger partial charge in [0.2, 0.25) is 0 Å². The van der Waals surface area contributed by atoms with Crippen LogP contribution in [0.4, 0.5) is 17.3 Å². The Morgan fingerprint density at radius 1 is 1.27 bits per heavy atom. The van der Waals surface area contributed by atoms with Gasteiger partial charge in [0.05, 0.1) is 11.4 Å². The van der Waals surface area contributed by atoms with Crippen LogP contribution in [0, 0.1) is 6.92 Å². The first-order chi connectivity index (χ1) is 7.15. The molecule has 4 heteroatoms. The first-order valence-electron chi connectivity index (χ1n) is 4.53. The van der Waals surface area contributed by atoms with E-state index >= 15 is 0 Å². The van der Waals surface area contributed by atoms with Crippen LogP contribution in [0.1, 0.15) is 5.76 Å². The monoisotopic (exact) mass is 222 g/mol. The first kappa shape index (κ1) is 9.93. The van der Waals surface area contributed by atoms with Crippen molar-refractivity contribution in [2.75, 3.05) is 11.1 Å².